The molecule has 2 aromatic carbocycles. The fourth-order valence-corrected chi connectivity index (χ4v) is 3.13. The summed E-state index contributed by atoms with van der Waals surface area (Å²) in [7, 11) is 0. The van der Waals surface area contributed by atoms with Gasteiger partial charge >= 0.3 is 0 Å². The first-order chi connectivity index (χ1) is 15.5. The lowest BCUT2D eigenvalue weighted by molar-refractivity contribution is 0.287. The van der Waals surface area contributed by atoms with Gasteiger partial charge in [-0.3, -0.25) is 10.8 Å². The first kappa shape index (κ1) is 24.8. The van der Waals surface area contributed by atoms with Gasteiger partial charge in [0.1, 0.15) is 11.5 Å². The van der Waals surface area contributed by atoms with Gasteiger partial charge in [0.2, 0.25) is 0 Å². The van der Waals surface area contributed by atoms with Gasteiger partial charge in [-0.2, -0.15) is 0 Å². The molecule has 174 valence electrons. The van der Waals surface area contributed by atoms with Crippen LogP contribution in [0.15, 0.2) is 48.5 Å². The molecule has 0 spiro atoms. The molecule has 0 saturated heterocycles. The molecule has 0 atom stereocenters. The second-order valence-corrected chi connectivity index (χ2v) is 7.58. The van der Waals surface area contributed by atoms with E-state index in [1.54, 1.807) is 0 Å². The zero-order chi connectivity index (χ0) is 23.0. The molecule has 0 heterocycles. The Morgan fingerprint density at radius 1 is 0.625 bits per heavy atom. The summed E-state index contributed by atoms with van der Waals surface area (Å²) in [5, 5.41) is 19.9. The third-order valence-electron chi connectivity index (χ3n) is 4.88. The summed E-state index contributed by atoms with van der Waals surface area (Å²) in [6.45, 7) is 2.74. The molecular weight excluding hydrogens is 404 g/mol. The molecule has 0 fully saturated rings. The second kappa shape index (κ2) is 14.6. The third-order valence-corrected chi connectivity index (χ3v) is 4.88. The quantitative estimate of drug-likeness (QED) is 0.143. The van der Waals surface area contributed by atoms with Crippen LogP contribution in [-0.2, 0) is 12.8 Å². The summed E-state index contributed by atoms with van der Waals surface area (Å²) in [5.41, 5.74) is 12.9. The fraction of sp³-hybridized carbons (Fsp3) is 0.417. The molecule has 8 N–H and O–H groups in total. The fourth-order valence-electron chi connectivity index (χ4n) is 3.13. The van der Waals surface area contributed by atoms with E-state index < -0.39 is 0 Å². The molecule has 0 unspecified atom stereocenters. The SMILES string of the molecule is N=C(N)NCCc1ccc(OCCCCCCOc2ccc(CCNC(=N)N)cc2)cc1. The van der Waals surface area contributed by atoms with Crippen LogP contribution in [0.1, 0.15) is 36.8 Å². The Bertz CT molecular complexity index is 739. The van der Waals surface area contributed by atoms with Gasteiger partial charge in [-0.1, -0.05) is 24.3 Å². The molecule has 0 aliphatic heterocycles. The maximum Gasteiger partial charge on any atom is 0.185 e. The zero-order valence-corrected chi connectivity index (χ0v) is 18.7. The van der Waals surface area contributed by atoms with Crippen molar-refractivity contribution in [3.63, 3.8) is 0 Å². The van der Waals surface area contributed by atoms with Crippen LogP contribution in [0.3, 0.4) is 0 Å². The van der Waals surface area contributed by atoms with E-state index in [-0.39, 0.29) is 11.9 Å². The highest BCUT2D eigenvalue weighted by Gasteiger charge is 1.99. The largest absolute Gasteiger partial charge is 0.494 e. The van der Waals surface area contributed by atoms with Crippen LogP contribution in [-0.4, -0.2) is 38.2 Å². The van der Waals surface area contributed by atoms with Crippen molar-refractivity contribution in [3.8, 4) is 11.5 Å². The first-order valence-corrected chi connectivity index (χ1v) is 11.1. The van der Waals surface area contributed by atoms with Crippen molar-refractivity contribution in [2.75, 3.05) is 26.3 Å². The van der Waals surface area contributed by atoms with E-state index in [0.29, 0.717) is 26.3 Å². The van der Waals surface area contributed by atoms with Crippen molar-refractivity contribution >= 4 is 11.9 Å². The predicted octanol–water partition coefficient (Wildman–Crippen LogP) is 2.76. The molecule has 0 amide bonds. The highest BCUT2D eigenvalue weighted by Crippen LogP contribution is 2.15. The van der Waals surface area contributed by atoms with Crippen LogP contribution in [0, 0.1) is 10.8 Å². The van der Waals surface area contributed by atoms with Gasteiger partial charge in [0.15, 0.2) is 11.9 Å². The van der Waals surface area contributed by atoms with E-state index in [0.717, 1.165) is 50.0 Å². The standard InChI is InChI=1S/C24H36N6O2/c25-23(26)29-15-13-19-5-9-21(10-6-19)31-17-3-1-2-4-18-32-22-11-7-20(8-12-22)14-16-30-24(27)28/h5-12H,1-4,13-18H2,(H4,25,26,29)(H4,27,28,30). The van der Waals surface area contributed by atoms with Crippen molar-refractivity contribution in [2.24, 2.45) is 11.5 Å². The van der Waals surface area contributed by atoms with E-state index in [4.69, 9.17) is 31.8 Å². The van der Waals surface area contributed by atoms with Gasteiger partial charge < -0.3 is 31.6 Å². The molecule has 0 aliphatic rings. The van der Waals surface area contributed by atoms with Crippen LogP contribution >= 0.6 is 0 Å². The number of hydrogen-bond donors (Lipinski definition) is 6. The summed E-state index contributed by atoms with van der Waals surface area (Å²) in [6.07, 6.45) is 5.91. The van der Waals surface area contributed by atoms with Gasteiger partial charge in [0, 0.05) is 13.1 Å². The maximum atomic E-state index is 7.15. The van der Waals surface area contributed by atoms with Gasteiger partial charge in [-0.25, -0.2) is 0 Å². The van der Waals surface area contributed by atoms with Crippen molar-refractivity contribution in [1.82, 2.24) is 10.6 Å². The number of ether oxygens (including phenoxy) is 2. The van der Waals surface area contributed by atoms with Crippen molar-refractivity contribution in [3.05, 3.63) is 59.7 Å². The third kappa shape index (κ3) is 11.1. The molecule has 0 bridgehead atoms. The van der Waals surface area contributed by atoms with Crippen LogP contribution in [0.25, 0.3) is 0 Å². The van der Waals surface area contributed by atoms with Gasteiger partial charge in [-0.05, 0) is 73.9 Å². The number of rotatable bonds is 15. The molecule has 2 rings (SSSR count). The number of hydrogen-bond acceptors (Lipinski definition) is 4. The summed E-state index contributed by atoms with van der Waals surface area (Å²) in [5.74, 6) is 1.78. The minimum atomic E-state index is 0.00164. The zero-order valence-electron chi connectivity index (χ0n) is 18.7. The normalized spacial score (nSPS) is 10.4. The van der Waals surface area contributed by atoms with Crippen LogP contribution in [0.5, 0.6) is 11.5 Å². The molecular formula is C24H36N6O2. The average molecular weight is 441 g/mol. The lowest BCUT2D eigenvalue weighted by Crippen LogP contribution is -2.31. The molecule has 8 heteroatoms. The van der Waals surface area contributed by atoms with Crippen molar-refractivity contribution in [1.29, 1.82) is 10.8 Å². The summed E-state index contributed by atoms with van der Waals surface area (Å²) in [6, 6.07) is 16.1. The average Bonchev–Trinajstić information content (AvgIpc) is 2.77. The van der Waals surface area contributed by atoms with E-state index in [2.05, 4.69) is 10.6 Å². The molecule has 8 nitrogen and oxygen atoms in total. The number of unbranched alkanes of at least 4 members (excludes halogenated alkanes) is 3. The summed E-state index contributed by atoms with van der Waals surface area (Å²) < 4.78 is 11.6. The molecule has 0 aromatic heterocycles. The molecule has 0 aliphatic carbocycles. The minimum Gasteiger partial charge on any atom is -0.494 e. The molecule has 0 saturated carbocycles. The highest BCUT2D eigenvalue weighted by atomic mass is 16.5. The first-order valence-electron chi connectivity index (χ1n) is 11.1. The number of nitrogens with two attached hydrogens (primary N) is 2. The number of nitrogens with one attached hydrogen (secondary N) is 4. The monoisotopic (exact) mass is 440 g/mol. The Hall–Kier alpha value is -3.42. The van der Waals surface area contributed by atoms with Crippen LogP contribution in [0.2, 0.25) is 0 Å². The Morgan fingerprint density at radius 3 is 1.34 bits per heavy atom. The Balaban J connectivity index is 1.48. The van der Waals surface area contributed by atoms with E-state index in [9.17, 15) is 0 Å². The Labute approximate surface area is 190 Å². The van der Waals surface area contributed by atoms with Crippen LogP contribution in [0.4, 0.5) is 0 Å². The lowest BCUT2D eigenvalue weighted by Gasteiger charge is -2.09. The maximum absolute atomic E-state index is 7.15. The molecule has 0 radical (unpaired) electrons. The second-order valence-electron chi connectivity index (χ2n) is 7.58. The number of benzene rings is 2. The van der Waals surface area contributed by atoms with E-state index in [1.807, 2.05) is 48.5 Å². The van der Waals surface area contributed by atoms with Gasteiger partial charge in [-0.15, -0.1) is 0 Å². The van der Waals surface area contributed by atoms with Crippen LogP contribution < -0.4 is 31.6 Å². The number of guanidine groups is 2. The summed E-state index contributed by atoms with van der Waals surface area (Å²) >= 11 is 0. The predicted molar refractivity (Wildman–Crippen MR) is 130 cm³/mol. The van der Waals surface area contributed by atoms with E-state index in [1.165, 1.54) is 11.1 Å². The Morgan fingerprint density at radius 2 is 1.00 bits per heavy atom. The van der Waals surface area contributed by atoms with Gasteiger partial charge in [0.25, 0.3) is 0 Å². The topological polar surface area (TPSA) is 142 Å². The molecule has 32 heavy (non-hydrogen) atoms. The van der Waals surface area contributed by atoms with Crippen molar-refractivity contribution in [2.45, 2.75) is 38.5 Å². The minimum absolute atomic E-state index is 0.00164. The van der Waals surface area contributed by atoms with E-state index >= 15 is 0 Å². The van der Waals surface area contributed by atoms with Crippen molar-refractivity contribution < 1.29 is 9.47 Å². The lowest BCUT2D eigenvalue weighted by atomic mass is 10.1. The summed E-state index contributed by atoms with van der Waals surface area (Å²) in [4.78, 5) is 0. The highest BCUT2D eigenvalue weighted by molar-refractivity contribution is 5.74. The van der Waals surface area contributed by atoms with Gasteiger partial charge in [0.05, 0.1) is 13.2 Å². The smallest absolute Gasteiger partial charge is 0.185 e. The molecule has 2 aromatic rings. The Kier molecular flexibility index (Phi) is 11.3.